The van der Waals surface area contributed by atoms with Gasteiger partial charge in [0, 0.05) is 16.7 Å². The molecule has 1 aliphatic carbocycles. The zero-order valence-corrected chi connectivity index (χ0v) is 19.3. The van der Waals surface area contributed by atoms with Crippen molar-refractivity contribution in [2.75, 3.05) is 0 Å². The number of ether oxygens (including phenoxy) is 4. The van der Waals surface area contributed by atoms with Gasteiger partial charge >= 0.3 is 0 Å². The summed E-state index contributed by atoms with van der Waals surface area (Å²) >= 11 is 0. The lowest BCUT2D eigenvalue weighted by molar-refractivity contribution is -0.220. The minimum atomic E-state index is -0.807. The van der Waals surface area contributed by atoms with Gasteiger partial charge in [-0.1, -0.05) is 48.5 Å². The monoisotopic (exact) mass is 472 g/mol. The van der Waals surface area contributed by atoms with Gasteiger partial charge in [0.2, 0.25) is 0 Å². The van der Waals surface area contributed by atoms with Crippen LogP contribution in [0, 0.1) is 0 Å². The van der Waals surface area contributed by atoms with Crippen LogP contribution in [0.25, 0.3) is 0 Å². The van der Waals surface area contributed by atoms with Crippen molar-refractivity contribution in [3.05, 3.63) is 100 Å². The Balaban J connectivity index is 1.35. The molecule has 3 aliphatic rings. The molecule has 0 unspecified atom stereocenters. The predicted octanol–water partition coefficient (Wildman–Crippen LogP) is 4.30. The molecule has 2 saturated heterocycles. The summed E-state index contributed by atoms with van der Waals surface area (Å²) in [5.74, 6) is -1.71. The van der Waals surface area contributed by atoms with E-state index < -0.39 is 30.4 Å². The average molecular weight is 472 g/mol. The van der Waals surface area contributed by atoms with E-state index in [2.05, 4.69) is 0 Å². The molecule has 0 aromatic heterocycles. The Morgan fingerprint density at radius 1 is 0.886 bits per heavy atom. The van der Waals surface area contributed by atoms with Gasteiger partial charge in [0.05, 0.1) is 12.2 Å². The van der Waals surface area contributed by atoms with Crippen molar-refractivity contribution in [1.29, 1.82) is 0 Å². The van der Waals surface area contributed by atoms with Gasteiger partial charge in [-0.05, 0) is 43.2 Å². The topological polar surface area (TPSA) is 91.3 Å². The number of hydrogen-bond acceptors (Lipinski definition) is 7. The fourth-order valence-corrected chi connectivity index (χ4v) is 5.07. The largest absolute Gasteiger partial charge is 0.507 e. The summed E-state index contributed by atoms with van der Waals surface area (Å²) < 4.78 is 24.6. The number of fused-ring (bicyclic) bond motifs is 3. The van der Waals surface area contributed by atoms with Crippen LogP contribution < -0.4 is 0 Å². The maximum Gasteiger partial charge on any atom is 0.198 e. The predicted molar refractivity (Wildman–Crippen MR) is 124 cm³/mol. The van der Waals surface area contributed by atoms with Crippen LogP contribution in [0.4, 0.5) is 0 Å². The Labute approximate surface area is 202 Å². The Morgan fingerprint density at radius 3 is 2.49 bits per heavy atom. The maximum absolute atomic E-state index is 13.3. The Kier molecular flexibility index (Phi) is 5.12. The van der Waals surface area contributed by atoms with E-state index in [1.54, 1.807) is 30.3 Å². The number of aromatic hydroxyl groups is 1. The van der Waals surface area contributed by atoms with Crippen LogP contribution in [-0.2, 0) is 25.6 Å². The number of hydrogen-bond donors (Lipinski definition) is 1. The van der Waals surface area contributed by atoms with Crippen molar-refractivity contribution in [3.63, 3.8) is 0 Å². The smallest absolute Gasteiger partial charge is 0.198 e. The van der Waals surface area contributed by atoms with Crippen molar-refractivity contribution in [1.82, 2.24) is 0 Å². The highest BCUT2D eigenvalue weighted by atomic mass is 16.8. The van der Waals surface area contributed by atoms with Crippen LogP contribution in [0.1, 0.15) is 62.9 Å². The Bertz CT molecular complexity index is 1330. The first-order chi connectivity index (χ1) is 16.8. The van der Waals surface area contributed by atoms with Gasteiger partial charge < -0.3 is 24.1 Å². The molecule has 1 N–H and O–H groups in total. The van der Waals surface area contributed by atoms with Crippen LogP contribution in [0.5, 0.6) is 5.75 Å². The summed E-state index contributed by atoms with van der Waals surface area (Å²) in [6.07, 6.45) is -2.14. The summed E-state index contributed by atoms with van der Waals surface area (Å²) in [6, 6.07) is 19.4. The van der Waals surface area contributed by atoms with Gasteiger partial charge in [-0.15, -0.1) is 0 Å². The number of ketones is 2. The molecule has 178 valence electrons. The van der Waals surface area contributed by atoms with Crippen molar-refractivity contribution >= 4 is 11.6 Å². The first-order valence-electron chi connectivity index (χ1n) is 11.5. The molecule has 3 aromatic carbocycles. The van der Waals surface area contributed by atoms with Crippen molar-refractivity contribution in [2.45, 2.75) is 50.8 Å². The number of benzene rings is 3. The van der Waals surface area contributed by atoms with Crippen LogP contribution in [-0.4, -0.2) is 41.0 Å². The zero-order chi connectivity index (χ0) is 24.3. The molecule has 3 aromatic rings. The van der Waals surface area contributed by atoms with E-state index in [1.807, 2.05) is 44.2 Å². The lowest BCUT2D eigenvalue weighted by Crippen LogP contribution is -2.33. The van der Waals surface area contributed by atoms with Crippen molar-refractivity contribution in [2.24, 2.45) is 0 Å². The second-order valence-electron chi connectivity index (χ2n) is 9.45. The van der Waals surface area contributed by atoms with E-state index in [0.717, 1.165) is 5.56 Å². The highest BCUT2D eigenvalue weighted by Crippen LogP contribution is 2.45. The molecule has 7 heteroatoms. The molecule has 6 rings (SSSR count). The molecule has 0 radical (unpaired) electrons. The van der Waals surface area contributed by atoms with E-state index in [0.29, 0.717) is 12.2 Å². The second-order valence-corrected chi connectivity index (χ2v) is 9.45. The number of phenolic OH excluding ortho intramolecular Hbond substituents is 1. The van der Waals surface area contributed by atoms with E-state index in [1.165, 1.54) is 6.07 Å². The van der Waals surface area contributed by atoms with Gasteiger partial charge in [0.15, 0.2) is 23.6 Å². The van der Waals surface area contributed by atoms with Crippen LogP contribution in [0.15, 0.2) is 66.7 Å². The summed E-state index contributed by atoms with van der Waals surface area (Å²) in [6.45, 7) is 4.01. The summed E-state index contributed by atoms with van der Waals surface area (Å²) in [5.41, 5.74) is 2.45. The minimum Gasteiger partial charge on any atom is -0.507 e. The molecular formula is C28H24O7. The first-order valence-corrected chi connectivity index (χ1v) is 11.5. The lowest BCUT2D eigenvalue weighted by atomic mass is 9.82. The van der Waals surface area contributed by atoms with Crippen molar-refractivity contribution < 1.29 is 33.6 Å². The second kappa shape index (κ2) is 8.10. The Hall–Kier alpha value is -3.36. The molecule has 0 amide bonds. The van der Waals surface area contributed by atoms with E-state index in [4.69, 9.17) is 18.9 Å². The Morgan fingerprint density at radius 2 is 1.69 bits per heavy atom. The zero-order valence-electron chi connectivity index (χ0n) is 19.3. The standard InChI is InChI=1S/C28H24O7/c1-28(2)34-26-25(32-14-15-7-4-3-5-8-15)24(33-27(26)35-28)16-11-12-17-19(13-16)22(30)18-9-6-10-20(29)21(18)23(17)31/h3-13,24-27,29H,14H2,1-2H3/t24-,25+,26-,27-/m1/s1. The van der Waals surface area contributed by atoms with Gasteiger partial charge in [0.1, 0.15) is 24.1 Å². The number of carbonyl (C=O) groups is 2. The third kappa shape index (κ3) is 3.68. The van der Waals surface area contributed by atoms with Crippen LogP contribution >= 0.6 is 0 Å². The molecule has 35 heavy (non-hydrogen) atoms. The van der Waals surface area contributed by atoms with Crippen molar-refractivity contribution in [3.8, 4) is 5.75 Å². The first kappa shape index (κ1) is 22.1. The number of carbonyl (C=O) groups excluding carboxylic acids is 2. The van der Waals surface area contributed by atoms with E-state index in [9.17, 15) is 14.7 Å². The molecule has 0 bridgehead atoms. The number of rotatable bonds is 4. The minimum absolute atomic E-state index is 0.0394. The molecule has 2 aliphatic heterocycles. The van der Waals surface area contributed by atoms with Gasteiger partial charge in [-0.2, -0.15) is 0 Å². The third-order valence-electron chi connectivity index (χ3n) is 6.65. The molecule has 0 saturated carbocycles. The molecule has 4 atom stereocenters. The molecular weight excluding hydrogens is 448 g/mol. The molecule has 2 fully saturated rings. The fourth-order valence-electron chi connectivity index (χ4n) is 5.07. The van der Waals surface area contributed by atoms with E-state index in [-0.39, 0.29) is 39.6 Å². The maximum atomic E-state index is 13.3. The highest BCUT2D eigenvalue weighted by Gasteiger charge is 2.56. The molecule has 0 spiro atoms. The lowest BCUT2D eigenvalue weighted by Gasteiger charge is -2.27. The van der Waals surface area contributed by atoms with E-state index >= 15 is 0 Å². The van der Waals surface area contributed by atoms with Gasteiger partial charge in [-0.25, -0.2) is 0 Å². The summed E-state index contributed by atoms with van der Waals surface area (Å²) in [4.78, 5) is 26.3. The van der Waals surface area contributed by atoms with Crippen LogP contribution in [0.2, 0.25) is 0 Å². The quantitative estimate of drug-likeness (QED) is 0.473. The summed E-state index contributed by atoms with van der Waals surface area (Å²) in [5, 5.41) is 10.2. The van der Waals surface area contributed by atoms with Gasteiger partial charge in [0.25, 0.3) is 0 Å². The fraction of sp³-hybridized carbons (Fsp3) is 0.286. The SMILES string of the molecule is CC1(C)O[C@H]2O[C@H](c3ccc4c(c3)C(=O)c3cccc(O)c3C4=O)[C@H](OCc3ccccc3)[C@H]2O1. The molecule has 7 nitrogen and oxygen atoms in total. The number of phenols is 1. The average Bonchev–Trinajstić information content (AvgIpc) is 3.33. The van der Waals surface area contributed by atoms with Gasteiger partial charge in [-0.3, -0.25) is 9.59 Å². The van der Waals surface area contributed by atoms with Crippen LogP contribution in [0.3, 0.4) is 0 Å². The molecule has 2 heterocycles. The summed E-state index contributed by atoms with van der Waals surface area (Å²) in [7, 11) is 0. The highest BCUT2D eigenvalue weighted by molar-refractivity contribution is 6.29. The third-order valence-corrected chi connectivity index (χ3v) is 6.65. The normalized spacial score (nSPS) is 26.3.